The van der Waals surface area contributed by atoms with E-state index in [9.17, 15) is 8.78 Å². The Hall–Kier alpha value is -0.960. The topological polar surface area (TPSA) is 26.0 Å². The molecule has 3 rings (SSSR count). The Morgan fingerprint density at radius 2 is 1.94 bits per heavy atom. The Morgan fingerprint density at radius 3 is 2.47 bits per heavy atom. The van der Waals surface area contributed by atoms with Gasteiger partial charge >= 0.3 is 0 Å². The molecular weight excluding hydrogens is 220 g/mol. The summed E-state index contributed by atoms with van der Waals surface area (Å²) in [6.45, 7) is 0. The van der Waals surface area contributed by atoms with Crippen LogP contribution in [-0.2, 0) is 6.42 Å². The van der Waals surface area contributed by atoms with Crippen LogP contribution < -0.4 is 5.73 Å². The van der Waals surface area contributed by atoms with Gasteiger partial charge in [-0.05, 0) is 49.7 Å². The maximum Gasteiger partial charge on any atom is 0.129 e. The van der Waals surface area contributed by atoms with Crippen molar-refractivity contribution in [1.29, 1.82) is 0 Å². The van der Waals surface area contributed by atoms with Crippen LogP contribution in [0.1, 0.15) is 31.2 Å². The molecule has 17 heavy (non-hydrogen) atoms. The van der Waals surface area contributed by atoms with Crippen molar-refractivity contribution in [2.24, 2.45) is 17.6 Å². The van der Waals surface area contributed by atoms with E-state index in [1.807, 2.05) is 0 Å². The molecule has 0 aromatic heterocycles. The second-order valence-electron chi connectivity index (χ2n) is 5.69. The molecule has 0 aliphatic heterocycles. The Bertz CT molecular complexity index is 426. The van der Waals surface area contributed by atoms with Crippen molar-refractivity contribution in [3.05, 3.63) is 35.4 Å². The summed E-state index contributed by atoms with van der Waals surface area (Å²) >= 11 is 0. The first-order valence-electron chi connectivity index (χ1n) is 6.30. The lowest BCUT2D eigenvalue weighted by atomic mass is 9.77. The molecule has 0 amide bonds. The van der Waals surface area contributed by atoms with Gasteiger partial charge in [0.1, 0.15) is 11.6 Å². The van der Waals surface area contributed by atoms with Crippen molar-refractivity contribution in [1.82, 2.24) is 0 Å². The Kier molecular flexibility index (Phi) is 2.47. The highest BCUT2D eigenvalue weighted by Crippen LogP contribution is 2.50. The normalized spacial score (nSPS) is 35.5. The molecule has 2 aliphatic rings. The SMILES string of the molecule is NC1(Cc2c(F)cccc2F)CC2CCC1C2. The maximum atomic E-state index is 13.6. The van der Waals surface area contributed by atoms with Gasteiger partial charge in [-0.1, -0.05) is 12.5 Å². The van der Waals surface area contributed by atoms with E-state index >= 15 is 0 Å². The fraction of sp³-hybridized carbons (Fsp3) is 0.571. The Balaban J connectivity index is 1.88. The molecule has 3 unspecified atom stereocenters. The van der Waals surface area contributed by atoms with Crippen LogP contribution >= 0.6 is 0 Å². The summed E-state index contributed by atoms with van der Waals surface area (Å²) < 4.78 is 27.2. The number of nitrogens with two attached hydrogens (primary N) is 1. The highest BCUT2D eigenvalue weighted by Gasteiger charge is 2.48. The molecule has 92 valence electrons. The maximum absolute atomic E-state index is 13.6. The summed E-state index contributed by atoms with van der Waals surface area (Å²) in [5.74, 6) is 0.210. The monoisotopic (exact) mass is 237 g/mol. The first-order valence-corrected chi connectivity index (χ1v) is 6.30. The van der Waals surface area contributed by atoms with E-state index in [1.165, 1.54) is 24.6 Å². The van der Waals surface area contributed by atoms with Crippen molar-refractivity contribution in [2.45, 2.75) is 37.6 Å². The van der Waals surface area contributed by atoms with E-state index in [1.54, 1.807) is 0 Å². The predicted molar refractivity (Wildman–Crippen MR) is 62.4 cm³/mol. The minimum absolute atomic E-state index is 0.169. The zero-order chi connectivity index (χ0) is 12.0. The molecule has 0 spiro atoms. The number of hydrogen-bond acceptors (Lipinski definition) is 1. The van der Waals surface area contributed by atoms with Crippen LogP contribution in [0.25, 0.3) is 0 Å². The molecule has 2 bridgehead atoms. The second kappa shape index (κ2) is 3.77. The van der Waals surface area contributed by atoms with Crippen molar-refractivity contribution in [3.8, 4) is 0 Å². The zero-order valence-electron chi connectivity index (χ0n) is 9.76. The van der Waals surface area contributed by atoms with Crippen LogP contribution in [0.4, 0.5) is 8.78 Å². The molecule has 1 aromatic carbocycles. The largest absolute Gasteiger partial charge is 0.325 e. The van der Waals surface area contributed by atoms with Crippen molar-refractivity contribution in [3.63, 3.8) is 0 Å². The zero-order valence-corrected chi connectivity index (χ0v) is 9.76. The molecule has 2 aliphatic carbocycles. The summed E-state index contributed by atoms with van der Waals surface area (Å²) in [6, 6.07) is 4.03. The van der Waals surface area contributed by atoms with Crippen LogP contribution in [0, 0.1) is 23.5 Å². The average Bonchev–Trinajstić information content (AvgIpc) is 2.83. The lowest BCUT2D eigenvalue weighted by Gasteiger charge is -2.34. The number of rotatable bonds is 2. The van der Waals surface area contributed by atoms with Crippen molar-refractivity contribution >= 4 is 0 Å². The van der Waals surface area contributed by atoms with Gasteiger partial charge in [0.15, 0.2) is 0 Å². The van der Waals surface area contributed by atoms with E-state index in [0.29, 0.717) is 18.3 Å². The average molecular weight is 237 g/mol. The molecule has 0 heterocycles. The Labute approximate surface area is 100 Å². The fourth-order valence-corrected chi connectivity index (χ4v) is 3.73. The number of benzene rings is 1. The van der Waals surface area contributed by atoms with Gasteiger partial charge in [-0.25, -0.2) is 8.78 Å². The summed E-state index contributed by atoms with van der Waals surface area (Å²) in [4.78, 5) is 0. The molecule has 0 radical (unpaired) electrons. The van der Waals surface area contributed by atoms with Crippen LogP contribution in [0.2, 0.25) is 0 Å². The summed E-state index contributed by atoms with van der Waals surface area (Å²) in [5, 5.41) is 0. The standard InChI is InChI=1S/C14H17F2N/c15-12-2-1-3-13(16)11(12)8-14(17)7-9-4-5-10(14)6-9/h1-3,9-10H,4-8,17H2. The summed E-state index contributed by atoms with van der Waals surface area (Å²) in [6.07, 6.45) is 4.77. The molecule has 2 N–H and O–H groups in total. The minimum Gasteiger partial charge on any atom is -0.325 e. The highest BCUT2D eigenvalue weighted by atomic mass is 19.1. The number of hydrogen-bond donors (Lipinski definition) is 1. The van der Waals surface area contributed by atoms with Crippen LogP contribution in [0.5, 0.6) is 0 Å². The molecule has 1 nitrogen and oxygen atoms in total. The lowest BCUT2D eigenvalue weighted by molar-refractivity contribution is 0.264. The van der Waals surface area contributed by atoms with Gasteiger partial charge in [0.2, 0.25) is 0 Å². The third-order valence-electron chi connectivity index (χ3n) is 4.59. The number of halogens is 2. The molecule has 2 saturated carbocycles. The molecule has 2 fully saturated rings. The summed E-state index contributed by atoms with van der Waals surface area (Å²) in [7, 11) is 0. The van der Waals surface area contributed by atoms with Gasteiger partial charge in [0, 0.05) is 11.1 Å². The van der Waals surface area contributed by atoms with Crippen molar-refractivity contribution < 1.29 is 8.78 Å². The van der Waals surface area contributed by atoms with E-state index in [0.717, 1.165) is 19.3 Å². The third kappa shape index (κ3) is 1.77. The molecule has 3 atom stereocenters. The fourth-order valence-electron chi connectivity index (χ4n) is 3.73. The van der Waals surface area contributed by atoms with E-state index in [4.69, 9.17) is 5.73 Å². The van der Waals surface area contributed by atoms with E-state index < -0.39 is 11.6 Å². The first-order chi connectivity index (χ1) is 8.08. The second-order valence-corrected chi connectivity index (χ2v) is 5.69. The summed E-state index contributed by atoms with van der Waals surface area (Å²) in [5.41, 5.74) is 6.17. The smallest absolute Gasteiger partial charge is 0.129 e. The van der Waals surface area contributed by atoms with Crippen LogP contribution in [0.3, 0.4) is 0 Å². The van der Waals surface area contributed by atoms with Gasteiger partial charge in [-0.15, -0.1) is 0 Å². The molecule has 1 aromatic rings. The predicted octanol–water partition coefficient (Wildman–Crippen LogP) is 3.02. The molecule has 3 heteroatoms. The van der Waals surface area contributed by atoms with Gasteiger partial charge in [-0.2, -0.15) is 0 Å². The van der Waals surface area contributed by atoms with Crippen molar-refractivity contribution in [2.75, 3.05) is 0 Å². The van der Waals surface area contributed by atoms with Gasteiger partial charge in [-0.3, -0.25) is 0 Å². The van der Waals surface area contributed by atoms with Crippen LogP contribution in [0.15, 0.2) is 18.2 Å². The van der Waals surface area contributed by atoms with Gasteiger partial charge in [0.05, 0.1) is 0 Å². The quantitative estimate of drug-likeness (QED) is 0.840. The van der Waals surface area contributed by atoms with E-state index in [-0.39, 0.29) is 11.1 Å². The molecular formula is C14H17F2N. The highest BCUT2D eigenvalue weighted by molar-refractivity contribution is 5.24. The number of fused-ring (bicyclic) bond motifs is 2. The van der Waals surface area contributed by atoms with E-state index in [2.05, 4.69) is 0 Å². The first kappa shape index (κ1) is 11.1. The third-order valence-corrected chi connectivity index (χ3v) is 4.59. The Morgan fingerprint density at radius 1 is 1.24 bits per heavy atom. The van der Waals surface area contributed by atoms with Gasteiger partial charge < -0.3 is 5.73 Å². The van der Waals surface area contributed by atoms with Crippen LogP contribution in [-0.4, -0.2) is 5.54 Å². The molecule has 0 saturated heterocycles. The minimum atomic E-state index is -0.461. The lowest BCUT2D eigenvalue weighted by Crippen LogP contribution is -2.47. The van der Waals surface area contributed by atoms with Gasteiger partial charge in [0.25, 0.3) is 0 Å².